The summed E-state index contributed by atoms with van der Waals surface area (Å²) < 4.78 is 0. The fourth-order valence-electron chi connectivity index (χ4n) is 4.31. The Morgan fingerprint density at radius 2 is 1.61 bits per heavy atom. The second kappa shape index (κ2) is 8.65. The highest BCUT2D eigenvalue weighted by molar-refractivity contribution is 6.45. The Labute approximate surface area is 183 Å². The molecular formula is C25H29N3O3. The number of hydrogen-bond donors (Lipinski definition) is 1. The van der Waals surface area contributed by atoms with Crippen LogP contribution in [0.2, 0.25) is 0 Å². The molecule has 4 rings (SSSR count). The molecule has 0 radical (unpaired) electrons. The lowest BCUT2D eigenvalue weighted by Crippen LogP contribution is -2.48. The number of piperazine rings is 1. The van der Waals surface area contributed by atoms with E-state index in [2.05, 4.69) is 4.90 Å². The summed E-state index contributed by atoms with van der Waals surface area (Å²) in [7, 11) is 0. The van der Waals surface area contributed by atoms with Gasteiger partial charge in [-0.1, -0.05) is 30.3 Å². The minimum Gasteiger partial charge on any atom is -0.395 e. The van der Waals surface area contributed by atoms with E-state index in [0.717, 1.165) is 35.3 Å². The number of rotatable bonds is 5. The van der Waals surface area contributed by atoms with Crippen molar-refractivity contribution in [3.63, 3.8) is 0 Å². The van der Waals surface area contributed by atoms with Gasteiger partial charge >= 0.3 is 0 Å². The number of aryl methyl sites for hydroxylation is 3. The first-order valence-corrected chi connectivity index (χ1v) is 10.8. The molecule has 6 heteroatoms. The number of aliphatic hydroxyl groups excluding tert-OH is 1. The van der Waals surface area contributed by atoms with Crippen molar-refractivity contribution in [2.75, 3.05) is 44.2 Å². The number of carbonyl (C=O) groups is 2. The monoisotopic (exact) mass is 419 g/mol. The molecule has 31 heavy (non-hydrogen) atoms. The van der Waals surface area contributed by atoms with Crippen LogP contribution in [-0.2, 0) is 9.59 Å². The third kappa shape index (κ3) is 4.01. The van der Waals surface area contributed by atoms with E-state index in [1.807, 2.05) is 68.1 Å². The molecule has 0 aromatic heterocycles. The molecule has 1 saturated heterocycles. The van der Waals surface area contributed by atoms with Crippen LogP contribution in [0.25, 0.3) is 5.57 Å². The van der Waals surface area contributed by atoms with E-state index >= 15 is 0 Å². The summed E-state index contributed by atoms with van der Waals surface area (Å²) in [6, 6.07) is 13.4. The van der Waals surface area contributed by atoms with Crippen LogP contribution in [0.5, 0.6) is 0 Å². The minimum absolute atomic E-state index is 0.120. The van der Waals surface area contributed by atoms with Gasteiger partial charge < -0.3 is 10.0 Å². The molecule has 2 aliphatic heterocycles. The van der Waals surface area contributed by atoms with E-state index < -0.39 is 0 Å². The van der Waals surface area contributed by atoms with Crippen LogP contribution in [-0.4, -0.2) is 66.1 Å². The quantitative estimate of drug-likeness (QED) is 0.755. The summed E-state index contributed by atoms with van der Waals surface area (Å²) in [6.07, 6.45) is 0. The highest BCUT2D eigenvalue weighted by Crippen LogP contribution is 2.36. The predicted molar refractivity (Wildman–Crippen MR) is 122 cm³/mol. The van der Waals surface area contributed by atoms with Gasteiger partial charge in [-0.2, -0.15) is 0 Å². The standard InChI is InChI=1S/C25H29N3O3/c1-17-5-4-6-21(15-17)28-24(30)22(20-8-7-18(2)19(3)16-20)23(25(28)31)27-11-9-26(10-12-27)13-14-29/h4-8,15-16,29H,9-14H2,1-3H3. The summed E-state index contributed by atoms with van der Waals surface area (Å²) in [6.45, 7) is 9.53. The predicted octanol–water partition coefficient (Wildman–Crippen LogP) is 2.51. The van der Waals surface area contributed by atoms with Crippen LogP contribution < -0.4 is 4.90 Å². The van der Waals surface area contributed by atoms with Gasteiger partial charge in [0.05, 0.1) is 17.9 Å². The lowest BCUT2D eigenvalue weighted by atomic mass is 9.99. The molecule has 0 bridgehead atoms. The van der Waals surface area contributed by atoms with Gasteiger partial charge in [-0.3, -0.25) is 14.5 Å². The van der Waals surface area contributed by atoms with Crippen molar-refractivity contribution in [3.8, 4) is 0 Å². The third-order valence-electron chi connectivity index (χ3n) is 6.22. The Bertz CT molecular complexity index is 1050. The smallest absolute Gasteiger partial charge is 0.282 e. The van der Waals surface area contributed by atoms with Crippen molar-refractivity contribution in [1.82, 2.24) is 9.80 Å². The van der Waals surface area contributed by atoms with Gasteiger partial charge in [0.1, 0.15) is 5.70 Å². The number of anilines is 1. The molecule has 0 spiro atoms. The maximum absolute atomic E-state index is 13.6. The van der Waals surface area contributed by atoms with Crippen molar-refractivity contribution in [1.29, 1.82) is 0 Å². The fraction of sp³-hybridized carbons (Fsp3) is 0.360. The van der Waals surface area contributed by atoms with Crippen LogP contribution in [0.1, 0.15) is 22.3 Å². The molecule has 1 fully saturated rings. The summed E-state index contributed by atoms with van der Waals surface area (Å²) in [5, 5.41) is 9.22. The minimum atomic E-state index is -0.272. The van der Waals surface area contributed by atoms with E-state index in [1.54, 1.807) is 0 Å². The number of hydrogen-bond acceptors (Lipinski definition) is 5. The average Bonchev–Trinajstić information content (AvgIpc) is 3.01. The SMILES string of the molecule is Cc1cccc(N2C(=O)C(c3ccc(C)c(C)c3)=C(N3CCN(CCO)CC3)C2=O)c1. The van der Waals surface area contributed by atoms with E-state index in [-0.39, 0.29) is 18.4 Å². The molecule has 1 N–H and O–H groups in total. The summed E-state index contributed by atoms with van der Waals surface area (Å²) in [5.74, 6) is -0.536. The number of benzene rings is 2. The summed E-state index contributed by atoms with van der Waals surface area (Å²) in [4.78, 5) is 32.8. The first kappa shape index (κ1) is 21.3. The molecule has 162 valence electrons. The Balaban J connectivity index is 1.77. The largest absolute Gasteiger partial charge is 0.395 e. The van der Waals surface area contributed by atoms with Gasteiger partial charge in [0, 0.05) is 32.7 Å². The van der Waals surface area contributed by atoms with Crippen molar-refractivity contribution < 1.29 is 14.7 Å². The summed E-state index contributed by atoms with van der Waals surface area (Å²) in [5.41, 5.74) is 5.58. The fourth-order valence-corrected chi connectivity index (χ4v) is 4.31. The zero-order chi connectivity index (χ0) is 22.1. The Kier molecular flexibility index (Phi) is 5.94. The molecule has 6 nitrogen and oxygen atoms in total. The van der Waals surface area contributed by atoms with Crippen molar-refractivity contribution in [2.45, 2.75) is 20.8 Å². The number of nitrogens with zero attached hydrogens (tertiary/aromatic N) is 3. The van der Waals surface area contributed by atoms with Gasteiger partial charge in [0.25, 0.3) is 11.8 Å². The number of carbonyl (C=O) groups excluding carboxylic acids is 2. The molecule has 2 aromatic carbocycles. The van der Waals surface area contributed by atoms with Crippen LogP contribution in [0.4, 0.5) is 5.69 Å². The molecule has 2 aromatic rings. The lowest BCUT2D eigenvalue weighted by Gasteiger charge is -2.36. The average molecular weight is 420 g/mol. The second-order valence-corrected chi connectivity index (χ2v) is 8.36. The molecule has 0 saturated carbocycles. The Hall–Kier alpha value is -2.96. The Morgan fingerprint density at radius 3 is 2.26 bits per heavy atom. The van der Waals surface area contributed by atoms with E-state index in [1.165, 1.54) is 4.90 Å². The van der Waals surface area contributed by atoms with Crippen molar-refractivity contribution >= 4 is 23.1 Å². The van der Waals surface area contributed by atoms with Crippen LogP contribution in [0.3, 0.4) is 0 Å². The second-order valence-electron chi connectivity index (χ2n) is 8.36. The van der Waals surface area contributed by atoms with Crippen LogP contribution in [0.15, 0.2) is 48.2 Å². The molecule has 0 unspecified atom stereocenters. The van der Waals surface area contributed by atoms with E-state index in [9.17, 15) is 14.7 Å². The number of β-amino-alcohol motifs (C(OH)–C–C–N with tert-alkyl or cyclic N) is 1. The first-order valence-electron chi connectivity index (χ1n) is 10.8. The van der Waals surface area contributed by atoms with Gasteiger partial charge in [-0.05, 0) is 55.2 Å². The maximum atomic E-state index is 13.6. The van der Waals surface area contributed by atoms with Crippen molar-refractivity contribution in [3.05, 3.63) is 70.4 Å². The van der Waals surface area contributed by atoms with Crippen LogP contribution in [0, 0.1) is 20.8 Å². The maximum Gasteiger partial charge on any atom is 0.282 e. The van der Waals surface area contributed by atoms with Crippen molar-refractivity contribution in [2.24, 2.45) is 0 Å². The number of amides is 2. The van der Waals surface area contributed by atoms with Gasteiger partial charge in [-0.25, -0.2) is 4.90 Å². The highest BCUT2D eigenvalue weighted by Gasteiger charge is 2.43. The van der Waals surface area contributed by atoms with E-state index in [0.29, 0.717) is 36.6 Å². The lowest BCUT2D eigenvalue weighted by molar-refractivity contribution is -0.120. The molecule has 0 atom stereocenters. The van der Waals surface area contributed by atoms with Gasteiger partial charge in [0.2, 0.25) is 0 Å². The zero-order valence-corrected chi connectivity index (χ0v) is 18.4. The number of aliphatic hydroxyl groups is 1. The molecule has 2 aliphatic rings. The zero-order valence-electron chi connectivity index (χ0n) is 18.4. The topological polar surface area (TPSA) is 64.1 Å². The molecule has 0 aliphatic carbocycles. The third-order valence-corrected chi connectivity index (χ3v) is 6.22. The summed E-state index contributed by atoms with van der Waals surface area (Å²) >= 11 is 0. The molecule has 2 heterocycles. The number of imide groups is 1. The van der Waals surface area contributed by atoms with E-state index in [4.69, 9.17) is 0 Å². The highest BCUT2D eigenvalue weighted by atomic mass is 16.3. The first-order chi connectivity index (χ1) is 14.9. The molecular weight excluding hydrogens is 390 g/mol. The normalized spacial score (nSPS) is 17.8. The molecule has 2 amide bonds. The van der Waals surface area contributed by atoms with Gasteiger partial charge in [0.15, 0.2) is 0 Å². The Morgan fingerprint density at radius 1 is 0.871 bits per heavy atom. The van der Waals surface area contributed by atoms with Crippen LogP contribution >= 0.6 is 0 Å². The van der Waals surface area contributed by atoms with Gasteiger partial charge in [-0.15, -0.1) is 0 Å².